The first-order chi connectivity index (χ1) is 9.41. The van der Waals surface area contributed by atoms with Crippen molar-refractivity contribution in [3.8, 4) is 0 Å². The number of rotatable bonds is 3. The summed E-state index contributed by atoms with van der Waals surface area (Å²) in [6, 6.07) is 4.98. The molecule has 1 N–H and O–H groups in total. The molecule has 1 heterocycles. The average molecular weight is 300 g/mol. The smallest absolute Gasteiger partial charge is 0.288 e. The zero-order valence-corrected chi connectivity index (χ0v) is 11.8. The standard InChI is InChI=1S/C13H14F2N2O2S/c1-7-12(19)17(8(2)11(18)16-7)9-5-3-4-6-10(9)20-13(14)15/h3-8,13H,1-2H3,(H,16,18). The maximum absolute atomic E-state index is 12.6. The SMILES string of the molecule is CC1NC(=O)C(C)N(c2ccccc2SC(F)F)C1=O. The fourth-order valence-electron chi connectivity index (χ4n) is 2.09. The van der Waals surface area contributed by atoms with Gasteiger partial charge in [0.15, 0.2) is 0 Å². The van der Waals surface area contributed by atoms with Crippen LogP contribution in [0.15, 0.2) is 29.2 Å². The summed E-state index contributed by atoms with van der Waals surface area (Å²) in [7, 11) is 0. The highest BCUT2D eigenvalue weighted by Gasteiger charge is 2.37. The van der Waals surface area contributed by atoms with Crippen molar-refractivity contribution in [2.45, 2.75) is 36.6 Å². The number of anilines is 1. The van der Waals surface area contributed by atoms with Gasteiger partial charge < -0.3 is 5.32 Å². The van der Waals surface area contributed by atoms with Crippen LogP contribution in [0.3, 0.4) is 0 Å². The van der Waals surface area contributed by atoms with E-state index in [0.29, 0.717) is 17.4 Å². The van der Waals surface area contributed by atoms with Gasteiger partial charge in [-0.05, 0) is 26.0 Å². The van der Waals surface area contributed by atoms with Gasteiger partial charge in [-0.1, -0.05) is 23.9 Å². The van der Waals surface area contributed by atoms with E-state index in [4.69, 9.17) is 0 Å². The van der Waals surface area contributed by atoms with Gasteiger partial charge >= 0.3 is 0 Å². The van der Waals surface area contributed by atoms with Crippen LogP contribution < -0.4 is 10.2 Å². The van der Waals surface area contributed by atoms with Crippen LogP contribution in [0.2, 0.25) is 0 Å². The highest BCUT2D eigenvalue weighted by Crippen LogP contribution is 2.35. The van der Waals surface area contributed by atoms with E-state index in [9.17, 15) is 18.4 Å². The lowest BCUT2D eigenvalue weighted by atomic mass is 10.1. The number of hydrogen-bond acceptors (Lipinski definition) is 3. The highest BCUT2D eigenvalue weighted by molar-refractivity contribution is 7.99. The normalized spacial score (nSPS) is 23.1. The van der Waals surface area contributed by atoms with Gasteiger partial charge in [0.2, 0.25) is 11.8 Å². The molecule has 1 aliphatic heterocycles. The second kappa shape index (κ2) is 5.78. The topological polar surface area (TPSA) is 49.4 Å². The van der Waals surface area contributed by atoms with Crippen LogP contribution >= 0.6 is 11.8 Å². The van der Waals surface area contributed by atoms with Crippen molar-refractivity contribution in [2.24, 2.45) is 0 Å². The molecule has 0 aliphatic carbocycles. The molecule has 2 amide bonds. The number of para-hydroxylation sites is 1. The first-order valence-electron chi connectivity index (χ1n) is 6.09. The van der Waals surface area contributed by atoms with Gasteiger partial charge in [-0.3, -0.25) is 14.5 Å². The van der Waals surface area contributed by atoms with Crippen LogP contribution in [0.1, 0.15) is 13.8 Å². The maximum Gasteiger partial charge on any atom is 0.288 e. The summed E-state index contributed by atoms with van der Waals surface area (Å²) in [5.41, 5.74) is 0.344. The maximum atomic E-state index is 12.6. The average Bonchev–Trinajstić information content (AvgIpc) is 2.38. The summed E-state index contributed by atoms with van der Waals surface area (Å²) < 4.78 is 25.2. The van der Waals surface area contributed by atoms with Gasteiger partial charge in [0.05, 0.1) is 5.69 Å². The molecule has 0 bridgehead atoms. The third kappa shape index (κ3) is 2.77. The van der Waals surface area contributed by atoms with Crippen LogP contribution in [0.25, 0.3) is 0 Å². The number of piperazine rings is 1. The molecule has 0 spiro atoms. The fraction of sp³-hybridized carbons (Fsp3) is 0.385. The number of benzene rings is 1. The predicted octanol–water partition coefficient (Wildman–Crippen LogP) is 2.24. The Labute approximate surface area is 119 Å². The molecule has 1 aromatic rings. The number of halogens is 2. The number of carbonyl (C=O) groups excluding carboxylic acids is 2. The van der Waals surface area contributed by atoms with E-state index in [2.05, 4.69) is 5.32 Å². The second-order valence-electron chi connectivity index (χ2n) is 4.46. The number of hydrogen-bond donors (Lipinski definition) is 1. The van der Waals surface area contributed by atoms with Crippen molar-refractivity contribution in [3.63, 3.8) is 0 Å². The summed E-state index contributed by atoms with van der Waals surface area (Å²) in [5.74, 6) is -3.19. The monoisotopic (exact) mass is 300 g/mol. The van der Waals surface area contributed by atoms with Gasteiger partial charge in [0, 0.05) is 4.90 Å². The number of thioether (sulfide) groups is 1. The van der Waals surface area contributed by atoms with Crippen molar-refractivity contribution in [1.29, 1.82) is 0 Å². The first-order valence-corrected chi connectivity index (χ1v) is 6.97. The Morgan fingerprint density at radius 2 is 1.90 bits per heavy atom. The summed E-state index contributed by atoms with van der Waals surface area (Å²) in [6.07, 6.45) is 0. The van der Waals surface area contributed by atoms with Gasteiger partial charge in [0.25, 0.3) is 5.76 Å². The predicted molar refractivity (Wildman–Crippen MR) is 72.9 cm³/mol. The lowest BCUT2D eigenvalue weighted by Crippen LogP contribution is -2.61. The van der Waals surface area contributed by atoms with Gasteiger partial charge in [-0.25, -0.2) is 0 Å². The summed E-state index contributed by atoms with van der Waals surface area (Å²) >= 11 is 0.366. The summed E-state index contributed by atoms with van der Waals surface area (Å²) in [6.45, 7) is 3.14. The molecule has 1 aromatic carbocycles. The quantitative estimate of drug-likeness (QED) is 0.871. The summed E-state index contributed by atoms with van der Waals surface area (Å²) in [4.78, 5) is 25.6. The number of amides is 2. The molecule has 0 aromatic heterocycles. The molecular formula is C13H14F2N2O2S. The molecule has 108 valence electrons. The molecule has 2 rings (SSSR count). The zero-order valence-electron chi connectivity index (χ0n) is 11.0. The molecule has 2 atom stereocenters. The Morgan fingerprint density at radius 1 is 1.25 bits per heavy atom. The third-order valence-electron chi connectivity index (χ3n) is 3.07. The minimum absolute atomic E-state index is 0.282. The van der Waals surface area contributed by atoms with Gasteiger partial charge in [-0.2, -0.15) is 8.78 Å². The van der Waals surface area contributed by atoms with Gasteiger partial charge in [0.1, 0.15) is 12.1 Å². The number of nitrogens with one attached hydrogen (secondary N) is 1. The molecule has 7 heteroatoms. The van der Waals surface area contributed by atoms with E-state index < -0.39 is 17.8 Å². The van der Waals surface area contributed by atoms with Crippen molar-refractivity contribution >= 4 is 29.3 Å². The Hall–Kier alpha value is -1.63. The Balaban J connectivity index is 2.43. The third-order valence-corrected chi connectivity index (χ3v) is 3.85. The first kappa shape index (κ1) is 14.8. The second-order valence-corrected chi connectivity index (χ2v) is 5.49. The van der Waals surface area contributed by atoms with Crippen LogP contribution in [0.5, 0.6) is 0 Å². The molecule has 4 nitrogen and oxygen atoms in total. The largest absolute Gasteiger partial charge is 0.343 e. The van der Waals surface area contributed by atoms with E-state index >= 15 is 0 Å². The number of alkyl halides is 2. The van der Waals surface area contributed by atoms with E-state index in [1.807, 2.05) is 0 Å². The number of carbonyl (C=O) groups is 2. The van der Waals surface area contributed by atoms with Crippen molar-refractivity contribution in [3.05, 3.63) is 24.3 Å². The molecule has 1 fully saturated rings. The van der Waals surface area contributed by atoms with Crippen molar-refractivity contribution < 1.29 is 18.4 Å². The molecular weight excluding hydrogens is 286 g/mol. The molecule has 2 unspecified atom stereocenters. The van der Waals surface area contributed by atoms with E-state index in [-0.39, 0.29) is 16.7 Å². The van der Waals surface area contributed by atoms with Crippen molar-refractivity contribution in [1.82, 2.24) is 5.32 Å². The summed E-state index contributed by atoms with van der Waals surface area (Å²) in [5, 5.41) is 2.55. The van der Waals surface area contributed by atoms with Crippen LogP contribution in [0, 0.1) is 0 Å². The minimum atomic E-state index is -2.59. The van der Waals surface area contributed by atoms with Crippen molar-refractivity contribution in [2.75, 3.05) is 4.90 Å². The molecule has 0 radical (unpaired) electrons. The van der Waals surface area contributed by atoms with Crippen LogP contribution in [0.4, 0.5) is 14.5 Å². The lowest BCUT2D eigenvalue weighted by molar-refractivity contribution is -0.133. The van der Waals surface area contributed by atoms with Crippen LogP contribution in [-0.2, 0) is 9.59 Å². The Bertz CT molecular complexity index is 539. The fourth-order valence-corrected chi connectivity index (χ4v) is 2.73. The van der Waals surface area contributed by atoms with Gasteiger partial charge in [-0.15, -0.1) is 0 Å². The van der Waals surface area contributed by atoms with Crippen LogP contribution in [-0.4, -0.2) is 29.7 Å². The number of nitrogens with zero attached hydrogens (tertiary/aromatic N) is 1. The Morgan fingerprint density at radius 3 is 2.55 bits per heavy atom. The molecule has 20 heavy (non-hydrogen) atoms. The molecule has 1 saturated heterocycles. The molecule has 1 aliphatic rings. The lowest BCUT2D eigenvalue weighted by Gasteiger charge is -2.36. The Kier molecular flexibility index (Phi) is 4.27. The molecule has 0 saturated carbocycles. The highest BCUT2D eigenvalue weighted by atomic mass is 32.2. The zero-order chi connectivity index (χ0) is 14.9. The van der Waals surface area contributed by atoms with E-state index in [0.717, 1.165) is 0 Å². The minimum Gasteiger partial charge on any atom is -0.343 e. The van der Waals surface area contributed by atoms with E-state index in [1.54, 1.807) is 32.0 Å². The van der Waals surface area contributed by atoms with E-state index in [1.165, 1.54) is 11.0 Å².